The molecule has 0 amide bonds. The highest BCUT2D eigenvalue weighted by Gasteiger charge is 2.29. The predicted octanol–water partition coefficient (Wildman–Crippen LogP) is 4.81. The lowest BCUT2D eigenvalue weighted by Crippen LogP contribution is -2.38. The molecule has 0 radical (unpaired) electrons. The summed E-state index contributed by atoms with van der Waals surface area (Å²) in [6.45, 7) is 2.52. The maximum atomic E-state index is 12.8. The molecule has 4 heterocycles. The van der Waals surface area contributed by atoms with Gasteiger partial charge in [-0.3, -0.25) is 4.90 Å². The topological polar surface area (TPSA) is 107 Å². The lowest BCUT2D eigenvalue weighted by molar-refractivity contribution is -0.126. The van der Waals surface area contributed by atoms with E-state index in [1.54, 1.807) is 6.07 Å². The van der Waals surface area contributed by atoms with Crippen LogP contribution in [0.4, 0.5) is 24.7 Å². The number of fused-ring (bicyclic) bond motifs is 2. The summed E-state index contributed by atoms with van der Waals surface area (Å²) in [7, 11) is 0. The highest BCUT2D eigenvalue weighted by atomic mass is 32.1. The zero-order chi connectivity index (χ0) is 23.9. The molecule has 0 saturated carbocycles. The number of benzene rings is 1. The van der Waals surface area contributed by atoms with Crippen molar-refractivity contribution in [3.05, 3.63) is 46.7 Å². The van der Waals surface area contributed by atoms with Crippen LogP contribution in [0.5, 0.6) is 0 Å². The van der Waals surface area contributed by atoms with Gasteiger partial charge in [0.15, 0.2) is 0 Å². The summed E-state index contributed by atoms with van der Waals surface area (Å²) in [4.78, 5) is 14.6. The number of likely N-dealkylation sites (tertiary alicyclic amines) is 1. The van der Waals surface area contributed by atoms with E-state index in [1.807, 2.05) is 18.2 Å². The van der Waals surface area contributed by atoms with E-state index in [9.17, 15) is 13.2 Å². The first-order valence-electron chi connectivity index (χ1n) is 10.9. The second-order valence-corrected chi connectivity index (χ2v) is 9.66. The van der Waals surface area contributed by atoms with Gasteiger partial charge in [-0.2, -0.15) is 18.4 Å². The van der Waals surface area contributed by atoms with Gasteiger partial charge in [0.1, 0.15) is 28.7 Å². The van der Waals surface area contributed by atoms with Crippen molar-refractivity contribution >= 4 is 44.0 Å². The molecular weight excluding hydrogens is 463 g/mol. The third-order valence-corrected chi connectivity index (χ3v) is 7.15. The molecule has 0 bridgehead atoms. The summed E-state index contributed by atoms with van der Waals surface area (Å²) in [5.41, 5.74) is 8.91. The Hall–Kier alpha value is -3.36. The van der Waals surface area contributed by atoms with Gasteiger partial charge < -0.3 is 16.0 Å². The van der Waals surface area contributed by atoms with Crippen LogP contribution in [-0.2, 0) is 13.0 Å². The lowest BCUT2D eigenvalue weighted by atomic mass is 10.0. The Morgan fingerprint density at radius 2 is 2.00 bits per heavy atom. The smallest absolute Gasteiger partial charge is 0.393 e. The second-order valence-electron chi connectivity index (χ2n) is 8.55. The molecule has 1 aliphatic rings. The number of nitrogens with one attached hydrogen (secondary N) is 2. The fraction of sp³-hybridized carbons (Fsp3) is 0.348. The number of rotatable bonds is 5. The van der Waals surface area contributed by atoms with Gasteiger partial charge in [-0.1, -0.05) is 6.07 Å². The number of H-pyrrole nitrogens is 1. The molecule has 0 spiro atoms. The number of nitrogen functional groups attached to an aromatic ring is 1. The molecule has 7 nitrogen and oxygen atoms in total. The number of nitriles is 1. The van der Waals surface area contributed by atoms with Crippen LogP contribution in [0.1, 0.15) is 29.0 Å². The monoisotopic (exact) mass is 485 g/mol. The van der Waals surface area contributed by atoms with Crippen LogP contribution >= 0.6 is 11.3 Å². The van der Waals surface area contributed by atoms with Gasteiger partial charge in [0.25, 0.3) is 0 Å². The summed E-state index contributed by atoms with van der Waals surface area (Å²) < 4.78 is 38.3. The maximum absolute atomic E-state index is 12.8. The van der Waals surface area contributed by atoms with Crippen LogP contribution in [0.25, 0.3) is 21.1 Å². The average Bonchev–Trinajstić information content (AvgIpc) is 3.34. The van der Waals surface area contributed by atoms with E-state index in [4.69, 9.17) is 11.0 Å². The van der Waals surface area contributed by atoms with Crippen LogP contribution in [0.3, 0.4) is 0 Å². The number of anilines is 2. The molecule has 1 saturated heterocycles. The first-order valence-corrected chi connectivity index (χ1v) is 11.7. The van der Waals surface area contributed by atoms with Crippen molar-refractivity contribution < 1.29 is 13.2 Å². The SMILES string of the molecule is N#Cc1[nH]c2ccc(CN3CCC(Nc4ncnc5sc(CC(F)(F)F)cc45)CC3)cc2c1N. The van der Waals surface area contributed by atoms with Crippen molar-refractivity contribution in [1.82, 2.24) is 19.9 Å². The number of nitrogens with two attached hydrogens (primary N) is 1. The van der Waals surface area contributed by atoms with Crippen molar-refractivity contribution in [1.29, 1.82) is 5.26 Å². The Morgan fingerprint density at radius 3 is 2.74 bits per heavy atom. The van der Waals surface area contributed by atoms with Gasteiger partial charge in [0.05, 0.1) is 17.5 Å². The number of hydrogen-bond donors (Lipinski definition) is 3. The third kappa shape index (κ3) is 4.64. The fourth-order valence-corrected chi connectivity index (χ4v) is 5.46. The summed E-state index contributed by atoms with van der Waals surface area (Å²) in [5.74, 6) is 0.592. The van der Waals surface area contributed by atoms with Crippen LogP contribution < -0.4 is 11.1 Å². The fourth-order valence-electron chi connectivity index (χ4n) is 4.44. The summed E-state index contributed by atoms with van der Waals surface area (Å²) in [5, 5.41) is 14.1. The minimum atomic E-state index is -4.25. The number of alkyl halides is 3. The minimum Gasteiger partial charge on any atom is -0.396 e. The molecule has 176 valence electrons. The van der Waals surface area contributed by atoms with E-state index >= 15 is 0 Å². The van der Waals surface area contributed by atoms with E-state index in [-0.39, 0.29) is 10.9 Å². The highest BCUT2D eigenvalue weighted by Crippen LogP contribution is 2.33. The molecule has 5 rings (SSSR count). The molecule has 1 aliphatic heterocycles. The number of nitrogens with zero attached hydrogens (tertiary/aromatic N) is 4. The van der Waals surface area contributed by atoms with E-state index in [0.29, 0.717) is 27.4 Å². The summed E-state index contributed by atoms with van der Waals surface area (Å²) in [6.07, 6.45) is -2.03. The molecule has 11 heteroatoms. The Morgan fingerprint density at radius 1 is 1.21 bits per heavy atom. The van der Waals surface area contributed by atoms with Crippen LogP contribution in [-0.4, -0.2) is 45.2 Å². The Labute approximate surface area is 197 Å². The normalized spacial score (nSPS) is 15.7. The zero-order valence-electron chi connectivity index (χ0n) is 18.1. The first kappa shape index (κ1) is 22.4. The number of thiophene rings is 1. The molecule has 0 unspecified atom stereocenters. The molecule has 34 heavy (non-hydrogen) atoms. The van der Waals surface area contributed by atoms with Gasteiger partial charge >= 0.3 is 6.18 Å². The maximum Gasteiger partial charge on any atom is 0.393 e. The molecule has 4 aromatic rings. The second kappa shape index (κ2) is 8.77. The number of aromatic amines is 1. The third-order valence-electron chi connectivity index (χ3n) is 6.10. The van der Waals surface area contributed by atoms with E-state index in [1.165, 1.54) is 6.33 Å². The molecule has 0 aliphatic carbocycles. The number of piperidine rings is 1. The first-order chi connectivity index (χ1) is 16.3. The minimum absolute atomic E-state index is 0.182. The van der Waals surface area contributed by atoms with Crippen molar-refractivity contribution in [2.24, 2.45) is 0 Å². The average molecular weight is 486 g/mol. The quantitative estimate of drug-likeness (QED) is 0.375. The highest BCUT2D eigenvalue weighted by molar-refractivity contribution is 7.18. The van der Waals surface area contributed by atoms with Gasteiger partial charge in [-0.25, -0.2) is 9.97 Å². The van der Waals surface area contributed by atoms with Crippen LogP contribution in [0.2, 0.25) is 0 Å². The van der Waals surface area contributed by atoms with Crippen LogP contribution in [0, 0.1) is 11.3 Å². The Bertz CT molecular complexity index is 1380. The van der Waals surface area contributed by atoms with Gasteiger partial charge in [-0.05, 0) is 36.6 Å². The molecular formula is C23H22F3N7S. The predicted molar refractivity (Wildman–Crippen MR) is 127 cm³/mol. The zero-order valence-corrected chi connectivity index (χ0v) is 18.9. The standard InChI is InChI=1S/C23H22F3N7S/c24-23(25,26)9-15-8-17-21(29-12-30-22(17)34-15)31-14-3-5-33(6-4-14)11-13-1-2-18-16(7-13)20(28)19(10-27)32-18/h1-2,7-8,12,14,32H,3-6,9,11,28H2,(H,29,30,31). The van der Waals surface area contributed by atoms with E-state index in [2.05, 4.69) is 31.2 Å². The largest absolute Gasteiger partial charge is 0.396 e. The van der Waals surface area contributed by atoms with Gasteiger partial charge in [0, 0.05) is 41.5 Å². The van der Waals surface area contributed by atoms with Crippen LogP contribution in [0.15, 0.2) is 30.6 Å². The van der Waals surface area contributed by atoms with Gasteiger partial charge in [0.2, 0.25) is 0 Å². The van der Waals surface area contributed by atoms with E-state index in [0.717, 1.165) is 60.3 Å². The number of hydrogen-bond acceptors (Lipinski definition) is 7. The molecule has 1 fully saturated rings. The van der Waals surface area contributed by atoms with E-state index < -0.39 is 12.6 Å². The molecule has 0 atom stereocenters. The summed E-state index contributed by atoms with van der Waals surface area (Å²) in [6, 6.07) is 9.82. The molecule has 3 aromatic heterocycles. The number of halogens is 3. The van der Waals surface area contributed by atoms with Crippen molar-refractivity contribution in [2.45, 2.75) is 38.0 Å². The van der Waals surface area contributed by atoms with Crippen molar-refractivity contribution in [3.8, 4) is 6.07 Å². The number of aromatic nitrogens is 3. The lowest BCUT2D eigenvalue weighted by Gasteiger charge is -2.32. The Kier molecular flexibility index (Phi) is 5.79. The Balaban J connectivity index is 1.22. The molecule has 1 aromatic carbocycles. The summed E-state index contributed by atoms with van der Waals surface area (Å²) >= 11 is 1.06. The van der Waals surface area contributed by atoms with Crippen molar-refractivity contribution in [2.75, 3.05) is 24.1 Å². The van der Waals surface area contributed by atoms with Gasteiger partial charge in [-0.15, -0.1) is 11.3 Å². The molecule has 4 N–H and O–H groups in total. The van der Waals surface area contributed by atoms with Crippen molar-refractivity contribution in [3.63, 3.8) is 0 Å².